The van der Waals surface area contributed by atoms with Crippen molar-refractivity contribution in [1.29, 1.82) is 0 Å². The number of esters is 1. The van der Waals surface area contributed by atoms with Crippen LogP contribution in [0.4, 0.5) is 0 Å². The molecule has 0 aromatic rings. The van der Waals surface area contributed by atoms with Gasteiger partial charge in [-0.05, 0) is 85.9 Å². The number of hydrogen-bond donors (Lipinski definition) is 0. The van der Waals surface area contributed by atoms with Crippen LogP contribution in [0.25, 0.3) is 0 Å². The predicted molar refractivity (Wildman–Crippen MR) is 81.4 cm³/mol. The molecule has 7 rings (SSSR count). The van der Waals surface area contributed by atoms with E-state index in [1.165, 1.54) is 54.5 Å². The Morgan fingerprint density at radius 2 is 1.15 bits per heavy atom. The summed E-state index contributed by atoms with van der Waals surface area (Å²) < 4.78 is 4.21. The summed E-state index contributed by atoms with van der Waals surface area (Å²) >= 11 is 2.90. The zero-order valence-electron chi connectivity index (χ0n) is 12.3. The molecular formula is C17H25BrO2. The van der Waals surface area contributed by atoms with Crippen molar-refractivity contribution in [2.75, 3.05) is 12.4 Å². The van der Waals surface area contributed by atoms with E-state index in [4.69, 9.17) is 0 Å². The van der Waals surface area contributed by atoms with Crippen LogP contribution in [0.3, 0.4) is 0 Å². The molecule has 0 spiro atoms. The Bertz CT molecular complexity index is 314. The number of methoxy groups -OCH3 is 1. The average molecular weight is 341 g/mol. The predicted octanol–water partition coefficient (Wildman–Crippen LogP) is 3.88. The Balaban J connectivity index is 0.000000154. The van der Waals surface area contributed by atoms with Crippen molar-refractivity contribution in [1.82, 2.24) is 0 Å². The van der Waals surface area contributed by atoms with Crippen molar-refractivity contribution in [3.63, 3.8) is 0 Å². The molecule has 3 heteroatoms. The van der Waals surface area contributed by atoms with Crippen molar-refractivity contribution in [2.24, 2.45) is 47.3 Å². The number of ether oxygens (including phenoxy) is 1. The van der Waals surface area contributed by atoms with Gasteiger partial charge in [0.05, 0.1) is 7.11 Å². The van der Waals surface area contributed by atoms with Crippen LogP contribution in [0.15, 0.2) is 0 Å². The molecule has 112 valence electrons. The Labute approximate surface area is 130 Å². The molecule has 2 nitrogen and oxygen atoms in total. The molecule has 0 heterocycles. The van der Waals surface area contributed by atoms with E-state index in [1.54, 1.807) is 38.5 Å². The molecule has 0 saturated heterocycles. The first-order chi connectivity index (χ1) is 9.71. The Morgan fingerprint density at radius 3 is 1.30 bits per heavy atom. The number of carbonyl (C=O) groups excluding carboxylic acids is 1. The van der Waals surface area contributed by atoms with Crippen molar-refractivity contribution in [3.8, 4) is 0 Å². The lowest BCUT2D eigenvalue weighted by Crippen LogP contribution is -2.62. The molecule has 0 radical (unpaired) electrons. The van der Waals surface area contributed by atoms with Crippen molar-refractivity contribution >= 4 is 21.9 Å². The summed E-state index contributed by atoms with van der Waals surface area (Å²) in [5.41, 5.74) is 0. The molecule has 20 heavy (non-hydrogen) atoms. The standard InChI is InChI=1S/C14H20.C3H5BrO2/c1-7-2-12-10-4-8-5-11(9(1)10)13(3-7)14(12)6-8;1-6-3(5)2-4/h7-14H,1-6H2;2H2,1H3. The normalized spacial score (nSPS) is 52.7. The first kappa shape index (κ1) is 13.6. The summed E-state index contributed by atoms with van der Waals surface area (Å²) in [7, 11) is 1.35. The zero-order chi connectivity index (χ0) is 13.9. The second-order valence-electron chi connectivity index (χ2n) is 7.84. The van der Waals surface area contributed by atoms with E-state index < -0.39 is 0 Å². The molecule has 0 aromatic heterocycles. The van der Waals surface area contributed by atoms with Gasteiger partial charge in [0.15, 0.2) is 0 Å². The lowest BCUT2D eigenvalue weighted by Gasteiger charge is -2.69. The third kappa shape index (κ3) is 1.91. The van der Waals surface area contributed by atoms with Gasteiger partial charge in [-0.3, -0.25) is 4.79 Å². The fraction of sp³-hybridized carbons (Fsp3) is 0.941. The number of hydrogen-bond acceptors (Lipinski definition) is 2. The topological polar surface area (TPSA) is 26.3 Å². The van der Waals surface area contributed by atoms with Gasteiger partial charge in [-0.2, -0.15) is 0 Å². The minimum atomic E-state index is -0.241. The highest BCUT2D eigenvalue weighted by Gasteiger charge is 2.63. The highest BCUT2D eigenvalue weighted by Crippen LogP contribution is 2.71. The molecule has 7 fully saturated rings. The third-order valence-electron chi connectivity index (χ3n) is 7.27. The molecule has 7 aliphatic carbocycles. The maximum atomic E-state index is 9.91. The summed E-state index contributed by atoms with van der Waals surface area (Å²) in [4.78, 5) is 9.91. The van der Waals surface area contributed by atoms with Gasteiger partial charge in [-0.25, -0.2) is 0 Å². The van der Waals surface area contributed by atoms with Gasteiger partial charge < -0.3 is 4.74 Å². The molecule has 0 atom stereocenters. The molecule has 8 bridgehead atoms. The van der Waals surface area contributed by atoms with E-state index in [9.17, 15) is 4.79 Å². The van der Waals surface area contributed by atoms with E-state index in [0.29, 0.717) is 0 Å². The summed E-state index contributed by atoms with van der Waals surface area (Å²) in [6.45, 7) is 0. The summed E-state index contributed by atoms with van der Waals surface area (Å²) in [5, 5.41) is 0.281. The van der Waals surface area contributed by atoms with E-state index in [1.807, 2.05) is 0 Å². The van der Waals surface area contributed by atoms with Gasteiger partial charge in [0.2, 0.25) is 0 Å². The van der Waals surface area contributed by atoms with Crippen molar-refractivity contribution < 1.29 is 9.53 Å². The molecule has 0 amide bonds. The van der Waals surface area contributed by atoms with E-state index in [2.05, 4.69) is 20.7 Å². The van der Waals surface area contributed by atoms with Gasteiger partial charge in [-0.1, -0.05) is 15.9 Å². The van der Waals surface area contributed by atoms with Crippen LogP contribution in [-0.4, -0.2) is 18.4 Å². The zero-order valence-corrected chi connectivity index (χ0v) is 13.8. The van der Waals surface area contributed by atoms with Gasteiger partial charge in [0.1, 0.15) is 5.33 Å². The number of rotatable bonds is 1. The first-order valence-corrected chi connectivity index (χ1v) is 9.46. The molecule has 0 aromatic carbocycles. The molecule has 7 aliphatic rings. The van der Waals surface area contributed by atoms with Gasteiger partial charge >= 0.3 is 5.97 Å². The number of halogens is 1. The minimum Gasteiger partial charge on any atom is -0.468 e. The molecular weight excluding hydrogens is 316 g/mol. The van der Waals surface area contributed by atoms with E-state index in [0.717, 1.165) is 0 Å². The molecule has 7 saturated carbocycles. The maximum absolute atomic E-state index is 9.91. The second-order valence-corrected chi connectivity index (χ2v) is 8.40. The first-order valence-electron chi connectivity index (χ1n) is 8.34. The average Bonchev–Trinajstić information content (AvgIpc) is 2.51. The van der Waals surface area contributed by atoms with Crippen LogP contribution in [0.2, 0.25) is 0 Å². The smallest absolute Gasteiger partial charge is 0.316 e. The van der Waals surface area contributed by atoms with Crippen LogP contribution < -0.4 is 0 Å². The van der Waals surface area contributed by atoms with Crippen LogP contribution in [0, 0.1) is 47.3 Å². The third-order valence-corrected chi connectivity index (χ3v) is 7.73. The fourth-order valence-electron chi connectivity index (χ4n) is 6.94. The second kappa shape index (κ2) is 5.00. The van der Waals surface area contributed by atoms with Crippen LogP contribution in [0.1, 0.15) is 38.5 Å². The highest BCUT2D eigenvalue weighted by atomic mass is 79.9. The Morgan fingerprint density at radius 1 is 0.850 bits per heavy atom. The molecule has 0 unspecified atom stereocenters. The largest absolute Gasteiger partial charge is 0.468 e. The highest BCUT2D eigenvalue weighted by molar-refractivity contribution is 9.09. The summed E-state index contributed by atoms with van der Waals surface area (Å²) in [5.74, 6) is 9.50. The number of alkyl halides is 1. The van der Waals surface area contributed by atoms with Crippen LogP contribution in [0.5, 0.6) is 0 Å². The van der Waals surface area contributed by atoms with E-state index in [-0.39, 0.29) is 11.3 Å². The maximum Gasteiger partial charge on any atom is 0.316 e. The summed E-state index contributed by atoms with van der Waals surface area (Å²) in [6.07, 6.45) is 9.93. The molecule has 0 N–H and O–H groups in total. The lowest BCUT2D eigenvalue weighted by molar-refractivity contribution is -0.202. The van der Waals surface area contributed by atoms with Gasteiger partial charge in [-0.15, -0.1) is 0 Å². The van der Waals surface area contributed by atoms with Gasteiger partial charge in [0, 0.05) is 0 Å². The molecule has 0 aliphatic heterocycles. The van der Waals surface area contributed by atoms with E-state index >= 15 is 0 Å². The Kier molecular flexibility index (Phi) is 3.40. The van der Waals surface area contributed by atoms with Crippen LogP contribution in [-0.2, 0) is 9.53 Å². The van der Waals surface area contributed by atoms with Crippen molar-refractivity contribution in [3.05, 3.63) is 0 Å². The quantitative estimate of drug-likeness (QED) is 0.534. The van der Waals surface area contributed by atoms with Crippen LogP contribution >= 0.6 is 15.9 Å². The van der Waals surface area contributed by atoms with Crippen molar-refractivity contribution in [2.45, 2.75) is 38.5 Å². The number of carbonyl (C=O) groups is 1. The lowest BCUT2D eigenvalue weighted by atomic mass is 9.36. The fourth-order valence-corrected chi connectivity index (χ4v) is 7.17. The minimum absolute atomic E-state index is 0.241. The Hall–Kier alpha value is -0.0500. The SMILES string of the molecule is C1C2CC3C4CC5CC(C14)C(C2)C3C5.COC(=O)CBr. The van der Waals surface area contributed by atoms with Gasteiger partial charge in [0.25, 0.3) is 0 Å². The monoisotopic (exact) mass is 340 g/mol. The summed E-state index contributed by atoms with van der Waals surface area (Å²) in [6, 6.07) is 0.